The van der Waals surface area contributed by atoms with Gasteiger partial charge in [0.1, 0.15) is 0 Å². The normalized spacial score (nSPS) is 8.75. The molecule has 1 rings (SSSR count). The van der Waals surface area contributed by atoms with Gasteiger partial charge in [0, 0.05) is 16.1 Å². The Bertz CT molecular complexity index is 303. The summed E-state index contributed by atoms with van der Waals surface area (Å²) in [5.74, 6) is -0.481. The Morgan fingerprint density at radius 1 is 1.42 bits per heavy atom. The molecule has 1 aromatic rings. The maximum Gasteiger partial charge on any atom is 1.00 e. The minimum Gasteiger partial charge on any atom is -0.398 e. The van der Waals surface area contributed by atoms with Gasteiger partial charge in [-0.15, -0.1) is 12.6 Å². The number of rotatable bonds is 1. The third kappa shape index (κ3) is 2.71. The smallest absolute Gasteiger partial charge is 0.398 e. The number of primary amides is 1. The van der Waals surface area contributed by atoms with E-state index in [2.05, 4.69) is 12.6 Å². The quantitative estimate of drug-likeness (QED) is 0.264. The van der Waals surface area contributed by atoms with Crippen molar-refractivity contribution in [2.75, 3.05) is 5.73 Å². The van der Waals surface area contributed by atoms with Gasteiger partial charge < -0.3 is 11.5 Å². The van der Waals surface area contributed by atoms with Crippen molar-refractivity contribution in [1.29, 1.82) is 0 Å². The van der Waals surface area contributed by atoms with Gasteiger partial charge in [0.25, 0.3) is 0 Å². The summed E-state index contributed by atoms with van der Waals surface area (Å²) in [5, 5.41) is 0. The molecule has 0 aliphatic rings. The molecular formula is C7H8N2NaOS+. The SMILES string of the molecule is NC(=O)c1ccc(S)c(N)c1.[Na+]. The molecule has 0 aliphatic heterocycles. The fourth-order valence-electron chi connectivity index (χ4n) is 0.708. The number of carbonyl (C=O) groups excluding carboxylic acids is 1. The van der Waals surface area contributed by atoms with E-state index in [1.807, 2.05) is 0 Å². The van der Waals surface area contributed by atoms with Crippen LogP contribution in [0.4, 0.5) is 5.69 Å². The number of nitrogen functional groups attached to an aromatic ring is 1. The molecular weight excluding hydrogens is 183 g/mol. The second-order valence-electron chi connectivity index (χ2n) is 2.14. The molecule has 0 saturated carbocycles. The van der Waals surface area contributed by atoms with Gasteiger partial charge in [-0.1, -0.05) is 0 Å². The maximum atomic E-state index is 10.6. The molecule has 1 amide bonds. The molecule has 12 heavy (non-hydrogen) atoms. The monoisotopic (exact) mass is 191 g/mol. The molecule has 5 heteroatoms. The van der Waals surface area contributed by atoms with Gasteiger partial charge in [0.15, 0.2) is 0 Å². The Kier molecular flexibility index (Phi) is 4.70. The van der Waals surface area contributed by atoms with Crippen LogP contribution in [0.15, 0.2) is 23.1 Å². The van der Waals surface area contributed by atoms with Crippen LogP contribution in [-0.4, -0.2) is 5.91 Å². The predicted molar refractivity (Wildman–Crippen MR) is 46.6 cm³/mol. The van der Waals surface area contributed by atoms with Gasteiger partial charge in [0.05, 0.1) is 0 Å². The van der Waals surface area contributed by atoms with Crippen LogP contribution < -0.4 is 41.0 Å². The van der Waals surface area contributed by atoms with Gasteiger partial charge >= 0.3 is 29.6 Å². The Labute approximate surface area is 98.2 Å². The van der Waals surface area contributed by atoms with Crippen molar-refractivity contribution in [3.63, 3.8) is 0 Å². The second kappa shape index (κ2) is 4.77. The number of carbonyl (C=O) groups is 1. The first kappa shape index (κ1) is 11.8. The van der Waals surface area contributed by atoms with E-state index < -0.39 is 5.91 Å². The third-order valence-electron chi connectivity index (χ3n) is 1.31. The fraction of sp³-hybridized carbons (Fsp3) is 0. The Morgan fingerprint density at radius 2 is 2.00 bits per heavy atom. The maximum absolute atomic E-state index is 10.6. The van der Waals surface area contributed by atoms with Crippen molar-refractivity contribution in [3.05, 3.63) is 23.8 Å². The van der Waals surface area contributed by atoms with Crippen LogP contribution in [-0.2, 0) is 0 Å². The first-order valence-electron chi connectivity index (χ1n) is 2.99. The second-order valence-corrected chi connectivity index (χ2v) is 2.62. The number of benzene rings is 1. The molecule has 0 spiro atoms. The minimum atomic E-state index is -0.481. The van der Waals surface area contributed by atoms with E-state index in [-0.39, 0.29) is 29.6 Å². The summed E-state index contributed by atoms with van der Waals surface area (Å²) in [6.07, 6.45) is 0. The number of hydrogen-bond donors (Lipinski definition) is 3. The van der Waals surface area contributed by atoms with Crippen LogP contribution in [0.5, 0.6) is 0 Å². The minimum absolute atomic E-state index is 0. The summed E-state index contributed by atoms with van der Waals surface area (Å²) in [4.78, 5) is 11.3. The van der Waals surface area contributed by atoms with Crippen LogP contribution >= 0.6 is 12.6 Å². The van der Waals surface area contributed by atoms with E-state index in [1.165, 1.54) is 6.07 Å². The summed E-state index contributed by atoms with van der Waals surface area (Å²) < 4.78 is 0. The number of nitrogens with two attached hydrogens (primary N) is 2. The zero-order chi connectivity index (χ0) is 8.43. The summed E-state index contributed by atoms with van der Waals surface area (Å²) in [6.45, 7) is 0. The molecule has 4 N–H and O–H groups in total. The number of hydrogen-bond acceptors (Lipinski definition) is 3. The summed E-state index contributed by atoms with van der Waals surface area (Å²) in [7, 11) is 0. The molecule has 0 aliphatic carbocycles. The van der Waals surface area contributed by atoms with Crippen molar-refractivity contribution in [1.82, 2.24) is 0 Å². The molecule has 0 atom stereocenters. The molecule has 1 aromatic carbocycles. The Hall–Kier alpha value is -0.160. The first-order valence-corrected chi connectivity index (χ1v) is 3.44. The van der Waals surface area contributed by atoms with E-state index in [4.69, 9.17) is 11.5 Å². The van der Waals surface area contributed by atoms with Crippen molar-refractivity contribution < 1.29 is 34.4 Å². The van der Waals surface area contributed by atoms with Gasteiger partial charge in [0.2, 0.25) is 5.91 Å². The number of anilines is 1. The first-order chi connectivity index (χ1) is 5.11. The zero-order valence-electron chi connectivity index (χ0n) is 6.74. The predicted octanol–water partition coefficient (Wildman–Crippen LogP) is -2.34. The molecule has 58 valence electrons. The van der Waals surface area contributed by atoms with Gasteiger partial charge in [-0.25, -0.2) is 0 Å². The Morgan fingerprint density at radius 3 is 2.42 bits per heavy atom. The molecule has 0 unspecified atom stereocenters. The summed E-state index contributed by atoms with van der Waals surface area (Å²) in [6, 6.07) is 4.73. The van der Waals surface area contributed by atoms with Crippen LogP contribution in [0.3, 0.4) is 0 Å². The van der Waals surface area contributed by atoms with Gasteiger partial charge in [-0.2, -0.15) is 0 Å². The van der Waals surface area contributed by atoms with Gasteiger partial charge in [-0.05, 0) is 18.2 Å². The van der Waals surface area contributed by atoms with Crippen LogP contribution in [0.1, 0.15) is 10.4 Å². The van der Waals surface area contributed by atoms with E-state index in [0.29, 0.717) is 16.1 Å². The van der Waals surface area contributed by atoms with Crippen LogP contribution in [0, 0.1) is 0 Å². The van der Waals surface area contributed by atoms with E-state index in [0.717, 1.165) is 0 Å². The molecule has 3 nitrogen and oxygen atoms in total. The zero-order valence-corrected chi connectivity index (χ0v) is 9.64. The fourth-order valence-corrected chi connectivity index (χ4v) is 0.847. The van der Waals surface area contributed by atoms with Gasteiger partial charge in [-0.3, -0.25) is 4.79 Å². The van der Waals surface area contributed by atoms with E-state index in [1.54, 1.807) is 12.1 Å². The molecule has 0 aromatic heterocycles. The molecule has 0 bridgehead atoms. The standard InChI is InChI=1S/C7H8N2OS.Na/c8-5-3-4(7(9)10)1-2-6(5)11;/h1-3,11H,8H2,(H2,9,10);/q;+1. The van der Waals surface area contributed by atoms with E-state index in [9.17, 15) is 4.79 Å². The average molecular weight is 191 g/mol. The summed E-state index contributed by atoms with van der Waals surface area (Å²) in [5.41, 5.74) is 11.4. The summed E-state index contributed by atoms with van der Waals surface area (Å²) >= 11 is 4.04. The van der Waals surface area contributed by atoms with Crippen molar-refractivity contribution in [2.45, 2.75) is 4.90 Å². The average Bonchev–Trinajstić information content (AvgIpc) is 1.94. The third-order valence-corrected chi connectivity index (χ3v) is 1.72. The van der Waals surface area contributed by atoms with Crippen molar-refractivity contribution >= 4 is 24.2 Å². The van der Waals surface area contributed by atoms with Crippen LogP contribution in [0.2, 0.25) is 0 Å². The molecule has 0 radical (unpaired) electrons. The Balaban J connectivity index is 0.00000121. The molecule has 0 saturated heterocycles. The number of thiol groups is 1. The van der Waals surface area contributed by atoms with Crippen LogP contribution in [0.25, 0.3) is 0 Å². The molecule has 0 fully saturated rings. The number of amides is 1. The van der Waals surface area contributed by atoms with E-state index >= 15 is 0 Å². The topological polar surface area (TPSA) is 69.1 Å². The largest absolute Gasteiger partial charge is 1.00 e. The molecule has 0 heterocycles. The van der Waals surface area contributed by atoms with Crippen molar-refractivity contribution in [3.8, 4) is 0 Å². The van der Waals surface area contributed by atoms with Crippen molar-refractivity contribution in [2.24, 2.45) is 5.73 Å².